The molecule has 1 aromatic heterocycles. The van der Waals surface area contributed by atoms with Crippen LogP contribution in [0, 0.1) is 0 Å². The fourth-order valence-corrected chi connectivity index (χ4v) is 2.46. The standard InChI is InChI=1S/C16H19NO2/c1-3-7-14(8-4-1)19-16-11-15(18-13-16)12-17-9-5-2-6-10-17/h1,3-4,7-8,11,13H,2,5-6,9-10,12H2. The average Bonchev–Trinajstić information content (AvgIpc) is 2.88. The van der Waals surface area contributed by atoms with Crippen LogP contribution in [-0.2, 0) is 6.54 Å². The Labute approximate surface area is 113 Å². The molecular formula is C16H19NO2. The fourth-order valence-electron chi connectivity index (χ4n) is 2.46. The van der Waals surface area contributed by atoms with Gasteiger partial charge in [-0.1, -0.05) is 24.6 Å². The lowest BCUT2D eigenvalue weighted by Gasteiger charge is -2.25. The molecule has 0 spiro atoms. The molecule has 1 aromatic carbocycles. The summed E-state index contributed by atoms with van der Waals surface area (Å²) in [4.78, 5) is 2.44. The molecule has 1 saturated heterocycles. The maximum Gasteiger partial charge on any atom is 0.165 e. The third-order valence-corrected chi connectivity index (χ3v) is 3.44. The molecule has 1 fully saturated rings. The van der Waals surface area contributed by atoms with Crippen LogP contribution in [0.4, 0.5) is 0 Å². The van der Waals surface area contributed by atoms with E-state index in [-0.39, 0.29) is 0 Å². The van der Waals surface area contributed by atoms with Gasteiger partial charge in [0.1, 0.15) is 17.8 Å². The van der Waals surface area contributed by atoms with Gasteiger partial charge < -0.3 is 9.15 Å². The molecule has 3 rings (SSSR count). The fraction of sp³-hybridized carbons (Fsp3) is 0.375. The number of nitrogens with zero attached hydrogens (tertiary/aromatic N) is 1. The third-order valence-electron chi connectivity index (χ3n) is 3.44. The van der Waals surface area contributed by atoms with E-state index in [2.05, 4.69) is 4.90 Å². The molecule has 0 aliphatic carbocycles. The molecule has 0 radical (unpaired) electrons. The van der Waals surface area contributed by atoms with Gasteiger partial charge in [0.25, 0.3) is 0 Å². The minimum atomic E-state index is 0.776. The number of likely N-dealkylation sites (tertiary alicyclic amines) is 1. The Balaban J connectivity index is 1.59. The summed E-state index contributed by atoms with van der Waals surface area (Å²) in [5.74, 6) is 2.60. The SMILES string of the molecule is c1ccc(Oc2coc(CN3CCCCC3)c2)cc1. The van der Waals surface area contributed by atoms with Crippen molar-refractivity contribution in [2.75, 3.05) is 13.1 Å². The van der Waals surface area contributed by atoms with E-state index in [9.17, 15) is 0 Å². The minimum absolute atomic E-state index is 0.776. The maximum absolute atomic E-state index is 5.74. The summed E-state index contributed by atoms with van der Waals surface area (Å²) in [6.45, 7) is 3.24. The Morgan fingerprint density at radius 2 is 1.79 bits per heavy atom. The van der Waals surface area contributed by atoms with Crippen LogP contribution in [0.15, 0.2) is 47.1 Å². The highest BCUT2D eigenvalue weighted by molar-refractivity contribution is 5.29. The second-order valence-corrected chi connectivity index (χ2v) is 5.00. The van der Waals surface area contributed by atoms with Crippen molar-refractivity contribution >= 4 is 0 Å². The van der Waals surface area contributed by atoms with Crippen molar-refractivity contribution in [2.24, 2.45) is 0 Å². The van der Waals surface area contributed by atoms with Crippen LogP contribution < -0.4 is 4.74 Å². The number of hydrogen-bond donors (Lipinski definition) is 0. The Hall–Kier alpha value is -1.74. The molecule has 2 heterocycles. The molecule has 19 heavy (non-hydrogen) atoms. The predicted octanol–water partition coefficient (Wildman–Crippen LogP) is 4.06. The first-order valence-electron chi connectivity index (χ1n) is 6.93. The van der Waals surface area contributed by atoms with Gasteiger partial charge in [0.05, 0.1) is 6.54 Å². The van der Waals surface area contributed by atoms with Crippen LogP contribution in [0.1, 0.15) is 25.0 Å². The lowest BCUT2D eigenvalue weighted by molar-refractivity contribution is 0.205. The van der Waals surface area contributed by atoms with E-state index in [0.29, 0.717) is 0 Å². The molecule has 1 aliphatic rings. The number of rotatable bonds is 4. The zero-order valence-corrected chi connectivity index (χ0v) is 11.0. The molecule has 2 aromatic rings. The highest BCUT2D eigenvalue weighted by atomic mass is 16.5. The van der Waals surface area contributed by atoms with E-state index in [1.165, 1.54) is 32.4 Å². The van der Waals surface area contributed by atoms with Crippen LogP contribution in [0.5, 0.6) is 11.5 Å². The lowest BCUT2D eigenvalue weighted by Crippen LogP contribution is -2.28. The largest absolute Gasteiger partial charge is 0.464 e. The number of furan rings is 1. The molecular weight excluding hydrogens is 238 g/mol. The van der Waals surface area contributed by atoms with E-state index >= 15 is 0 Å². The van der Waals surface area contributed by atoms with Crippen LogP contribution in [-0.4, -0.2) is 18.0 Å². The molecule has 0 amide bonds. The van der Waals surface area contributed by atoms with Crippen LogP contribution in [0.3, 0.4) is 0 Å². The summed E-state index contributed by atoms with van der Waals surface area (Å²) in [6, 6.07) is 11.8. The zero-order valence-electron chi connectivity index (χ0n) is 11.0. The normalized spacial score (nSPS) is 16.4. The molecule has 0 atom stereocenters. The molecule has 3 nitrogen and oxygen atoms in total. The molecule has 100 valence electrons. The molecule has 3 heteroatoms. The quantitative estimate of drug-likeness (QED) is 0.826. The average molecular weight is 257 g/mol. The van der Waals surface area contributed by atoms with Crippen molar-refractivity contribution in [2.45, 2.75) is 25.8 Å². The monoisotopic (exact) mass is 257 g/mol. The van der Waals surface area contributed by atoms with Crippen molar-refractivity contribution in [1.29, 1.82) is 0 Å². The van der Waals surface area contributed by atoms with E-state index in [1.807, 2.05) is 36.4 Å². The lowest BCUT2D eigenvalue weighted by atomic mass is 10.1. The first-order valence-corrected chi connectivity index (χ1v) is 6.93. The molecule has 1 aliphatic heterocycles. The first kappa shape index (κ1) is 12.3. The van der Waals surface area contributed by atoms with Crippen molar-refractivity contribution in [3.05, 3.63) is 48.4 Å². The summed E-state index contributed by atoms with van der Waals surface area (Å²) in [7, 11) is 0. The van der Waals surface area contributed by atoms with E-state index < -0.39 is 0 Å². The van der Waals surface area contributed by atoms with Gasteiger partial charge in [-0.2, -0.15) is 0 Å². The van der Waals surface area contributed by atoms with E-state index in [4.69, 9.17) is 9.15 Å². The van der Waals surface area contributed by atoms with Gasteiger partial charge in [0.15, 0.2) is 5.75 Å². The minimum Gasteiger partial charge on any atom is -0.464 e. The maximum atomic E-state index is 5.74. The topological polar surface area (TPSA) is 25.6 Å². The van der Waals surface area contributed by atoms with Gasteiger partial charge >= 0.3 is 0 Å². The van der Waals surface area contributed by atoms with Crippen molar-refractivity contribution < 1.29 is 9.15 Å². The second-order valence-electron chi connectivity index (χ2n) is 5.00. The molecule has 0 N–H and O–H groups in total. The number of hydrogen-bond acceptors (Lipinski definition) is 3. The number of benzene rings is 1. The number of piperidine rings is 1. The first-order chi connectivity index (χ1) is 9.40. The summed E-state index contributed by atoms with van der Waals surface area (Å²) in [5.41, 5.74) is 0. The summed E-state index contributed by atoms with van der Waals surface area (Å²) < 4.78 is 11.3. The Morgan fingerprint density at radius 3 is 2.58 bits per heavy atom. The third kappa shape index (κ3) is 3.38. The zero-order chi connectivity index (χ0) is 12.9. The van der Waals surface area contributed by atoms with Gasteiger partial charge in [-0.05, 0) is 38.1 Å². The highest BCUT2D eigenvalue weighted by Crippen LogP contribution is 2.24. The van der Waals surface area contributed by atoms with Crippen molar-refractivity contribution in [3.8, 4) is 11.5 Å². The molecule has 0 bridgehead atoms. The second kappa shape index (κ2) is 5.93. The number of ether oxygens (including phenoxy) is 1. The van der Waals surface area contributed by atoms with Gasteiger partial charge in [-0.15, -0.1) is 0 Å². The van der Waals surface area contributed by atoms with Crippen LogP contribution in [0.25, 0.3) is 0 Å². The summed E-state index contributed by atoms with van der Waals surface area (Å²) in [5, 5.41) is 0. The Kier molecular flexibility index (Phi) is 3.84. The summed E-state index contributed by atoms with van der Waals surface area (Å²) in [6.07, 6.45) is 5.64. The Morgan fingerprint density at radius 1 is 1.00 bits per heavy atom. The van der Waals surface area contributed by atoms with Gasteiger partial charge in [-0.25, -0.2) is 0 Å². The number of para-hydroxylation sites is 1. The van der Waals surface area contributed by atoms with Gasteiger partial charge in [0, 0.05) is 6.07 Å². The van der Waals surface area contributed by atoms with Crippen LogP contribution >= 0.6 is 0 Å². The predicted molar refractivity (Wildman–Crippen MR) is 74.4 cm³/mol. The molecule has 0 unspecified atom stereocenters. The molecule has 0 saturated carbocycles. The van der Waals surface area contributed by atoms with Gasteiger partial charge in [0.2, 0.25) is 0 Å². The highest BCUT2D eigenvalue weighted by Gasteiger charge is 2.13. The van der Waals surface area contributed by atoms with Crippen molar-refractivity contribution in [3.63, 3.8) is 0 Å². The van der Waals surface area contributed by atoms with E-state index in [0.717, 1.165) is 23.8 Å². The van der Waals surface area contributed by atoms with Gasteiger partial charge in [-0.3, -0.25) is 4.90 Å². The van der Waals surface area contributed by atoms with Crippen molar-refractivity contribution in [1.82, 2.24) is 4.90 Å². The summed E-state index contributed by atoms with van der Waals surface area (Å²) >= 11 is 0. The van der Waals surface area contributed by atoms with Crippen LogP contribution in [0.2, 0.25) is 0 Å². The Bertz CT molecular complexity index is 500. The van der Waals surface area contributed by atoms with E-state index in [1.54, 1.807) is 6.26 Å². The smallest absolute Gasteiger partial charge is 0.165 e.